The number of benzene rings is 1. The van der Waals surface area contributed by atoms with Crippen LogP contribution in [0, 0.1) is 11.8 Å². The molecule has 0 aromatic heterocycles. The third-order valence-electron chi connectivity index (χ3n) is 5.41. The zero-order valence-corrected chi connectivity index (χ0v) is 17.8. The molecule has 1 aromatic rings. The summed E-state index contributed by atoms with van der Waals surface area (Å²) in [4.78, 5) is 12.6. The molecule has 3 rings (SSSR count). The number of carbonyl (C=O) groups excluding carboxylic acids is 1. The molecule has 0 radical (unpaired) electrons. The molecule has 0 bridgehead atoms. The molecule has 1 aliphatic heterocycles. The zero-order valence-electron chi connectivity index (χ0n) is 16.2. The molecule has 1 heterocycles. The van der Waals surface area contributed by atoms with Crippen molar-refractivity contribution in [3.63, 3.8) is 0 Å². The van der Waals surface area contributed by atoms with Crippen LogP contribution in [0.25, 0.3) is 0 Å². The van der Waals surface area contributed by atoms with Crippen molar-refractivity contribution in [3.05, 3.63) is 35.7 Å². The summed E-state index contributed by atoms with van der Waals surface area (Å²) in [7, 11) is -5.27. The Hall–Kier alpha value is -1.91. The quantitative estimate of drug-likeness (QED) is 0.655. The van der Waals surface area contributed by atoms with Gasteiger partial charge >= 0.3 is 0 Å². The first kappa shape index (κ1) is 21.8. The number of hydrogen-bond donors (Lipinski definition) is 2. The van der Waals surface area contributed by atoms with Crippen LogP contribution in [-0.4, -0.2) is 48.2 Å². The first-order valence-electron chi connectivity index (χ1n) is 9.53. The lowest BCUT2D eigenvalue weighted by Crippen LogP contribution is -2.41. The van der Waals surface area contributed by atoms with Crippen molar-refractivity contribution in [2.75, 3.05) is 19.4 Å². The first-order valence-corrected chi connectivity index (χ1v) is 12.7. The topological polar surface area (TPSA) is 119 Å². The second-order valence-electron chi connectivity index (χ2n) is 7.52. The maximum atomic E-state index is 12.4. The standard InChI is InChI=1S/C19H26N2O6S2/c1-27-17-6-8-18(9-7-17)29(25,26)20-12-14-2-4-15(5-3-14)19(22)21-16-10-11-28(23,24)13-16/h6-11,14-16,20H,2-5,12-13H2,1H3,(H,21,22)/t14?,15?,16-/m0/s1. The summed E-state index contributed by atoms with van der Waals surface area (Å²) in [6.45, 7) is 0.326. The van der Waals surface area contributed by atoms with Crippen molar-refractivity contribution in [1.29, 1.82) is 0 Å². The molecule has 160 valence electrons. The van der Waals surface area contributed by atoms with Gasteiger partial charge in [0.1, 0.15) is 5.75 Å². The minimum Gasteiger partial charge on any atom is -0.497 e. The molecule has 1 amide bonds. The highest BCUT2D eigenvalue weighted by atomic mass is 32.2. The normalized spacial score (nSPS) is 26.2. The number of sulfonamides is 1. The van der Waals surface area contributed by atoms with Crippen molar-refractivity contribution in [1.82, 2.24) is 10.0 Å². The van der Waals surface area contributed by atoms with Gasteiger partial charge in [-0.3, -0.25) is 4.79 Å². The van der Waals surface area contributed by atoms with E-state index in [1.54, 1.807) is 12.1 Å². The minimum atomic E-state index is -3.59. The van der Waals surface area contributed by atoms with E-state index >= 15 is 0 Å². The Kier molecular flexibility index (Phi) is 6.65. The third kappa shape index (κ3) is 5.80. The van der Waals surface area contributed by atoms with Crippen LogP contribution >= 0.6 is 0 Å². The summed E-state index contributed by atoms with van der Waals surface area (Å²) in [5, 5.41) is 3.92. The van der Waals surface area contributed by atoms with Gasteiger partial charge in [0.15, 0.2) is 9.84 Å². The average molecular weight is 443 g/mol. The molecule has 0 spiro atoms. The van der Waals surface area contributed by atoms with Crippen LogP contribution in [0.15, 0.2) is 40.6 Å². The van der Waals surface area contributed by atoms with Crippen molar-refractivity contribution < 1.29 is 26.4 Å². The largest absolute Gasteiger partial charge is 0.497 e. The number of nitrogens with one attached hydrogen (secondary N) is 2. The molecular weight excluding hydrogens is 416 g/mol. The molecule has 2 N–H and O–H groups in total. The maximum absolute atomic E-state index is 12.4. The Morgan fingerprint density at radius 1 is 1.14 bits per heavy atom. The fraction of sp³-hybridized carbons (Fsp3) is 0.526. The second-order valence-corrected chi connectivity index (χ2v) is 11.2. The molecule has 10 heteroatoms. The van der Waals surface area contributed by atoms with E-state index in [2.05, 4.69) is 10.0 Å². The van der Waals surface area contributed by atoms with Crippen molar-refractivity contribution in [2.45, 2.75) is 36.6 Å². The van der Waals surface area contributed by atoms with E-state index < -0.39 is 25.9 Å². The number of ether oxygens (including phenoxy) is 1. The van der Waals surface area contributed by atoms with Crippen LogP contribution in [-0.2, 0) is 24.7 Å². The number of hydrogen-bond acceptors (Lipinski definition) is 6. The van der Waals surface area contributed by atoms with Crippen LogP contribution in [0.1, 0.15) is 25.7 Å². The van der Waals surface area contributed by atoms with Gasteiger partial charge in [0.2, 0.25) is 15.9 Å². The Bertz CT molecular complexity index is 962. The Labute approximate surface area is 171 Å². The van der Waals surface area contributed by atoms with E-state index in [9.17, 15) is 21.6 Å². The molecule has 1 saturated carbocycles. The van der Waals surface area contributed by atoms with Crippen LogP contribution < -0.4 is 14.8 Å². The molecule has 1 fully saturated rings. The molecule has 2 aliphatic rings. The number of rotatable bonds is 7. The number of sulfone groups is 1. The predicted octanol–water partition coefficient (Wildman–Crippen LogP) is 1.21. The van der Waals surface area contributed by atoms with E-state index in [4.69, 9.17) is 4.74 Å². The summed E-state index contributed by atoms with van der Waals surface area (Å²) >= 11 is 0. The van der Waals surface area contributed by atoms with Gasteiger partial charge in [-0.1, -0.05) is 0 Å². The monoisotopic (exact) mass is 442 g/mol. The summed E-state index contributed by atoms with van der Waals surface area (Å²) in [5.74, 6) is 0.376. The number of methoxy groups -OCH3 is 1. The highest BCUT2D eigenvalue weighted by Gasteiger charge is 2.30. The Balaban J connectivity index is 1.44. The Morgan fingerprint density at radius 3 is 2.34 bits per heavy atom. The maximum Gasteiger partial charge on any atom is 0.240 e. The van der Waals surface area contributed by atoms with Crippen LogP contribution in [0.5, 0.6) is 5.75 Å². The lowest BCUT2D eigenvalue weighted by molar-refractivity contribution is -0.126. The zero-order chi connectivity index (χ0) is 21.1. The molecule has 8 nitrogen and oxygen atoms in total. The van der Waals surface area contributed by atoms with Gasteiger partial charge < -0.3 is 10.1 Å². The van der Waals surface area contributed by atoms with Gasteiger partial charge in [0.25, 0.3) is 0 Å². The fourth-order valence-electron chi connectivity index (χ4n) is 3.66. The van der Waals surface area contributed by atoms with Gasteiger partial charge in [0.05, 0.1) is 23.8 Å². The second kappa shape index (κ2) is 8.85. The molecule has 0 saturated heterocycles. The molecule has 0 unspecified atom stereocenters. The highest BCUT2D eigenvalue weighted by Crippen LogP contribution is 2.29. The van der Waals surface area contributed by atoms with Gasteiger partial charge in [0, 0.05) is 17.9 Å². The molecule has 1 aromatic carbocycles. The summed E-state index contributed by atoms with van der Waals surface area (Å²) in [5.41, 5.74) is 0. The van der Waals surface area contributed by atoms with Gasteiger partial charge in [-0.25, -0.2) is 21.6 Å². The molecule has 29 heavy (non-hydrogen) atoms. The van der Waals surface area contributed by atoms with Crippen molar-refractivity contribution in [2.24, 2.45) is 11.8 Å². The van der Waals surface area contributed by atoms with Gasteiger partial charge in [-0.2, -0.15) is 0 Å². The molecule has 1 aliphatic carbocycles. The number of carbonyl (C=O) groups is 1. The van der Waals surface area contributed by atoms with Gasteiger partial charge in [-0.05, 0) is 61.9 Å². The summed E-state index contributed by atoms with van der Waals surface area (Å²) in [6, 6.07) is 5.74. The van der Waals surface area contributed by atoms with E-state index in [0.717, 1.165) is 18.2 Å². The smallest absolute Gasteiger partial charge is 0.240 e. The molecule has 1 atom stereocenters. The van der Waals surface area contributed by atoms with Crippen LogP contribution in [0.2, 0.25) is 0 Å². The number of amides is 1. The van der Waals surface area contributed by atoms with E-state index in [0.29, 0.717) is 25.1 Å². The predicted molar refractivity (Wildman–Crippen MR) is 108 cm³/mol. The highest BCUT2D eigenvalue weighted by molar-refractivity contribution is 7.94. The van der Waals surface area contributed by atoms with Crippen LogP contribution in [0.4, 0.5) is 0 Å². The van der Waals surface area contributed by atoms with Gasteiger partial charge in [-0.15, -0.1) is 0 Å². The molecular formula is C19H26N2O6S2. The lowest BCUT2D eigenvalue weighted by atomic mass is 9.81. The summed E-state index contributed by atoms with van der Waals surface area (Å²) < 4.78 is 55.4. The lowest BCUT2D eigenvalue weighted by Gasteiger charge is -2.28. The third-order valence-corrected chi connectivity index (χ3v) is 8.24. The average Bonchev–Trinajstić information content (AvgIpc) is 3.05. The van der Waals surface area contributed by atoms with Crippen LogP contribution in [0.3, 0.4) is 0 Å². The van der Waals surface area contributed by atoms with E-state index in [1.165, 1.54) is 25.3 Å². The fourth-order valence-corrected chi connectivity index (χ4v) is 6.01. The Morgan fingerprint density at radius 2 is 1.79 bits per heavy atom. The SMILES string of the molecule is COc1ccc(S(=O)(=O)NCC2CCC(C(=O)N[C@H]3C=CS(=O)(=O)C3)CC2)cc1. The first-order chi connectivity index (χ1) is 13.7. The summed E-state index contributed by atoms with van der Waals surface area (Å²) in [6.07, 6.45) is 4.30. The van der Waals surface area contributed by atoms with E-state index in [1.807, 2.05) is 0 Å². The van der Waals surface area contributed by atoms with Crippen molar-refractivity contribution >= 4 is 25.8 Å². The van der Waals surface area contributed by atoms with E-state index in [-0.39, 0.29) is 28.4 Å². The van der Waals surface area contributed by atoms with Crippen molar-refractivity contribution in [3.8, 4) is 5.75 Å². The minimum absolute atomic E-state index is 0.0821.